The number of ether oxygens (including phenoxy) is 1. The van der Waals surface area contributed by atoms with E-state index in [1.165, 1.54) is 6.42 Å². The van der Waals surface area contributed by atoms with Gasteiger partial charge in [0.2, 0.25) is 5.89 Å². The van der Waals surface area contributed by atoms with E-state index < -0.39 is 0 Å². The molecule has 0 radical (unpaired) electrons. The first-order chi connectivity index (χ1) is 8.83. The van der Waals surface area contributed by atoms with Gasteiger partial charge in [-0.2, -0.15) is 4.98 Å². The highest BCUT2D eigenvalue weighted by molar-refractivity contribution is 4.98. The lowest BCUT2D eigenvalue weighted by Crippen LogP contribution is -2.26. The lowest BCUT2D eigenvalue weighted by molar-refractivity contribution is 0.0657. The van der Waals surface area contributed by atoms with Crippen LogP contribution < -0.4 is 0 Å². The normalized spacial score (nSPS) is 32.8. The van der Waals surface area contributed by atoms with Crippen molar-refractivity contribution in [3.8, 4) is 0 Å². The molecule has 0 aromatic carbocycles. The van der Waals surface area contributed by atoms with Crippen LogP contribution in [0.3, 0.4) is 0 Å². The molecule has 0 amide bonds. The zero-order chi connectivity index (χ0) is 12.4. The Morgan fingerprint density at radius 3 is 2.89 bits per heavy atom. The van der Waals surface area contributed by atoms with Crippen LogP contribution in [0, 0.1) is 5.92 Å². The minimum atomic E-state index is -0.205. The maximum absolute atomic E-state index is 9.94. The van der Waals surface area contributed by atoms with Gasteiger partial charge in [-0.1, -0.05) is 18.0 Å². The number of nitrogens with zero attached hydrogens (tertiary/aromatic N) is 2. The number of aliphatic hydroxyl groups excluding tert-OH is 1. The molecule has 1 aliphatic heterocycles. The molecule has 0 spiro atoms. The van der Waals surface area contributed by atoms with Gasteiger partial charge in [-0.05, 0) is 25.2 Å². The van der Waals surface area contributed by atoms with Crippen molar-refractivity contribution in [2.75, 3.05) is 13.2 Å². The zero-order valence-corrected chi connectivity index (χ0v) is 10.5. The molecule has 5 nitrogen and oxygen atoms in total. The second-order valence-corrected chi connectivity index (χ2v) is 5.42. The van der Waals surface area contributed by atoms with Crippen LogP contribution in [-0.4, -0.2) is 34.6 Å². The summed E-state index contributed by atoms with van der Waals surface area (Å²) in [6.07, 6.45) is 5.77. The molecule has 3 atom stereocenters. The molecule has 2 fully saturated rings. The third-order valence-corrected chi connectivity index (χ3v) is 4.08. The van der Waals surface area contributed by atoms with Crippen molar-refractivity contribution < 1.29 is 14.4 Å². The Bertz CT molecular complexity index is 387. The summed E-state index contributed by atoms with van der Waals surface area (Å²) in [6.45, 7) is 1.49. The van der Waals surface area contributed by atoms with Gasteiger partial charge in [0.05, 0.1) is 12.7 Å². The molecular formula is C13H20N2O3. The Hall–Kier alpha value is -0.940. The third-order valence-electron chi connectivity index (χ3n) is 4.08. The van der Waals surface area contributed by atoms with Gasteiger partial charge in [0, 0.05) is 18.9 Å². The van der Waals surface area contributed by atoms with E-state index in [0.717, 1.165) is 38.1 Å². The van der Waals surface area contributed by atoms with Crippen molar-refractivity contribution in [2.45, 2.75) is 50.5 Å². The number of hydrogen-bond donors (Lipinski definition) is 1. The first kappa shape index (κ1) is 12.1. The molecular weight excluding hydrogens is 232 g/mol. The first-order valence-electron chi connectivity index (χ1n) is 6.91. The Morgan fingerprint density at radius 2 is 2.11 bits per heavy atom. The Morgan fingerprint density at radius 1 is 1.22 bits per heavy atom. The molecule has 1 aliphatic carbocycles. The van der Waals surface area contributed by atoms with Crippen LogP contribution in [0.1, 0.15) is 49.7 Å². The van der Waals surface area contributed by atoms with Gasteiger partial charge >= 0.3 is 0 Å². The summed E-state index contributed by atoms with van der Waals surface area (Å²) in [5, 5.41) is 14.0. The summed E-state index contributed by atoms with van der Waals surface area (Å²) in [4.78, 5) is 4.45. The average Bonchev–Trinajstić information content (AvgIpc) is 3.02. The fourth-order valence-electron chi connectivity index (χ4n) is 2.91. The summed E-state index contributed by atoms with van der Waals surface area (Å²) >= 11 is 0. The van der Waals surface area contributed by atoms with Crippen molar-refractivity contribution in [2.24, 2.45) is 5.92 Å². The van der Waals surface area contributed by atoms with Gasteiger partial charge in [0.1, 0.15) is 0 Å². The van der Waals surface area contributed by atoms with Gasteiger partial charge in [-0.15, -0.1) is 0 Å². The molecule has 1 saturated heterocycles. The molecule has 100 valence electrons. The van der Waals surface area contributed by atoms with Crippen LogP contribution >= 0.6 is 0 Å². The minimum absolute atomic E-state index is 0.205. The number of rotatable bonds is 3. The Kier molecular flexibility index (Phi) is 3.61. The van der Waals surface area contributed by atoms with E-state index in [1.807, 2.05) is 0 Å². The van der Waals surface area contributed by atoms with E-state index >= 15 is 0 Å². The molecule has 2 aliphatic rings. The highest BCUT2D eigenvalue weighted by Crippen LogP contribution is 2.28. The fourth-order valence-corrected chi connectivity index (χ4v) is 2.91. The predicted molar refractivity (Wildman–Crippen MR) is 64.1 cm³/mol. The average molecular weight is 252 g/mol. The molecule has 2 heterocycles. The molecule has 3 rings (SSSR count). The van der Waals surface area contributed by atoms with E-state index in [1.54, 1.807) is 0 Å². The van der Waals surface area contributed by atoms with Crippen molar-refractivity contribution in [1.29, 1.82) is 0 Å². The van der Waals surface area contributed by atoms with E-state index in [-0.39, 0.29) is 12.0 Å². The highest BCUT2D eigenvalue weighted by atomic mass is 16.5. The van der Waals surface area contributed by atoms with Crippen LogP contribution in [0.5, 0.6) is 0 Å². The van der Waals surface area contributed by atoms with Gasteiger partial charge in [-0.3, -0.25) is 0 Å². The van der Waals surface area contributed by atoms with Gasteiger partial charge < -0.3 is 14.4 Å². The van der Waals surface area contributed by atoms with E-state index in [9.17, 15) is 5.11 Å². The topological polar surface area (TPSA) is 68.4 Å². The Labute approximate surface area is 107 Å². The second-order valence-electron chi connectivity index (χ2n) is 5.42. The molecule has 1 N–H and O–H groups in total. The van der Waals surface area contributed by atoms with Crippen LogP contribution in [0.4, 0.5) is 0 Å². The summed E-state index contributed by atoms with van der Waals surface area (Å²) in [6, 6.07) is 0. The molecule has 0 bridgehead atoms. The minimum Gasteiger partial charge on any atom is -0.393 e. The summed E-state index contributed by atoms with van der Waals surface area (Å²) in [5.41, 5.74) is 0. The van der Waals surface area contributed by atoms with Crippen molar-refractivity contribution in [3.63, 3.8) is 0 Å². The fraction of sp³-hybridized carbons (Fsp3) is 0.846. The van der Waals surface area contributed by atoms with Crippen molar-refractivity contribution >= 4 is 0 Å². The maximum Gasteiger partial charge on any atom is 0.227 e. The third kappa shape index (κ3) is 2.57. The quantitative estimate of drug-likeness (QED) is 0.886. The SMILES string of the molecule is OC1CCCCC1Cc1nc(C2CCOC2)no1. The lowest BCUT2D eigenvalue weighted by atomic mass is 9.84. The number of aliphatic hydroxyl groups is 1. The predicted octanol–water partition coefficient (Wildman–Crippen LogP) is 1.67. The molecule has 18 heavy (non-hydrogen) atoms. The van der Waals surface area contributed by atoms with Gasteiger partial charge in [0.25, 0.3) is 0 Å². The van der Waals surface area contributed by atoms with Crippen LogP contribution in [0.25, 0.3) is 0 Å². The van der Waals surface area contributed by atoms with Crippen molar-refractivity contribution in [1.82, 2.24) is 10.1 Å². The van der Waals surface area contributed by atoms with Crippen LogP contribution in [0.2, 0.25) is 0 Å². The molecule has 1 aromatic rings. The van der Waals surface area contributed by atoms with Crippen LogP contribution in [0.15, 0.2) is 4.52 Å². The van der Waals surface area contributed by atoms with Crippen LogP contribution in [-0.2, 0) is 11.2 Å². The zero-order valence-electron chi connectivity index (χ0n) is 10.5. The molecule has 1 aromatic heterocycles. The maximum atomic E-state index is 9.94. The number of hydrogen-bond acceptors (Lipinski definition) is 5. The monoisotopic (exact) mass is 252 g/mol. The van der Waals surface area contributed by atoms with Gasteiger partial charge in [-0.25, -0.2) is 0 Å². The summed E-state index contributed by atoms with van der Waals surface area (Å²) in [5.74, 6) is 2.02. The lowest BCUT2D eigenvalue weighted by Gasteiger charge is -2.26. The van der Waals surface area contributed by atoms with E-state index in [4.69, 9.17) is 9.26 Å². The smallest absolute Gasteiger partial charge is 0.227 e. The highest BCUT2D eigenvalue weighted by Gasteiger charge is 2.27. The van der Waals surface area contributed by atoms with Crippen molar-refractivity contribution in [3.05, 3.63) is 11.7 Å². The second kappa shape index (κ2) is 5.36. The van der Waals surface area contributed by atoms with E-state index in [0.29, 0.717) is 24.8 Å². The molecule has 5 heteroatoms. The summed E-state index contributed by atoms with van der Waals surface area (Å²) in [7, 11) is 0. The summed E-state index contributed by atoms with van der Waals surface area (Å²) < 4.78 is 10.6. The standard InChI is InChI=1S/C13H20N2O3/c16-11-4-2-1-3-9(11)7-12-14-13(15-18-12)10-5-6-17-8-10/h9-11,16H,1-8H2. The van der Waals surface area contributed by atoms with Gasteiger partial charge in [0.15, 0.2) is 5.82 Å². The molecule has 3 unspecified atom stereocenters. The Balaban J connectivity index is 1.62. The van der Waals surface area contributed by atoms with E-state index in [2.05, 4.69) is 10.1 Å². The number of aromatic nitrogens is 2. The largest absolute Gasteiger partial charge is 0.393 e. The first-order valence-corrected chi connectivity index (χ1v) is 6.91. The molecule has 1 saturated carbocycles.